The highest BCUT2D eigenvalue weighted by molar-refractivity contribution is 9.08. The van der Waals surface area contributed by atoms with Gasteiger partial charge < -0.3 is 0 Å². The average Bonchev–Trinajstić information content (AvgIpc) is 2.09. The van der Waals surface area contributed by atoms with Gasteiger partial charge in [0, 0.05) is 23.0 Å². The summed E-state index contributed by atoms with van der Waals surface area (Å²) in [5.74, 6) is -0.621. The molecule has 70 valence electrons. The van der Waals surface area contributed by atoms with Crippen molar-refractivity contribution in [3.63, 3.8) is 0 Å². The van der Waals surface area contributed by atoms with Crippen molar-refractivity contribution >= 4 is 33.2 Å². The van der Waals surface area contributed by atoms with Crippen LogP contribution in [0.25, 0.3) is 0 Å². The second-order valence-electron chi connectivity index (χ2n) is 2.29. The molecule has 1 rings (SSSR count). The Morgan fingerprint density at radius 1 is 1.62 bits per heavy atom. The van der Waals surface area contributed by atoms with Crippen LogP contribution in [0.5, 0.6) is 0 Å². The minimum atomic E-state index is -0.621. The molecule has 13 heavy (non-hydrogen) atoms. The van der Waals surface area contributed by atoms with Crippen molar-refractivity contribution < 1.29 is 9.31 Å². The highest BCUT2D eigenvalue weighted by atomic mass is 79.9. The summed E-state index contributed by atoms with van der Waals surface area (Å²) >= 11 is 8.45. The zero-order valence-electron chi connectivity index (χ0n) is 6.26. The third kappa shape index (κ3) is 2.16. The SMILES string of the molecule is O=[N+]([O-])c1cc(Cl)c(F)c(CBr)c1. The van der Waals surface area contributed by atoms with Crippen molar-refractivity contribution in [2.24, 2.45) is 0 Å². The number of hydrogen-bond donors (Lipinski definition) is 0. The van der Waals surface area contributed by atoms with Crippen LogP contribution in [0.4, 0.5) is 10.1 Å². The summed E-state index contributed by atoms with van der Waals surface area (Å²) in [6.45, 7) is 0. The molecule has 0 N–H and O–H groups in total. The molecule has 0 atom stereocenters. The van der Waals surface area contributed by atoms with E-state index in [0.717, 1.165) is 12.1 Å². The van der Waals surface area contributed by atoms with E-state index in [4.69, 9.17) is 11.6 Å². The largest absolute Gasteiger partial charge is 0.271 e. The minimum absolute atomic E-state index is 0.180. The van der Waals surface area contributed by atoms with E-state index in [9.17, 15) is 14.5 Å². The number of hydrogen-bond acceptors (Lipinski definition) is 2. The van der Waals surface area contributed by atoms with Crippen molar-refractivity contribution in [3.8, 4) is 0 Å². The second-order valence-corrected chi connectivity index (χ2v) is 3.26. The van der Waals surface area contributed by atoms with E-state index in [1.165, 1.54) is 0 Å². The van der Waals surface area contributed by atoms with Crippen molar-refractivity contribution in [2.45, 2.75) is 5.33 Å². The Kier molecular flexibility index (Phi) is 3.22. The molecule has 0 saturated carbocycles. The maximum absolute atomic E-state index is 13.1. The van der Waals surface area contributed by atoms with E-state index in [0.29, 0.717) is 0 Å². The number of nitrogens with zero attached hydrogens (tertiary/aromatic N) is 1. The van der Waals surface area contributed by atoms with E-state index in [1.807, 2.05) is 0 Å². The maximum atomic E-state index is 13.1. The smallest absolute Gasteiger partial charge is 0.258 e. The summed E-state index contributed by atoms with van der Waals surface area (Å²) in [5.41, 5.74) is -0.0277. The molecule has 0 aliphatic heterocycles. The van der Waals surface area contributed by atoms with Gasteiger partial charge in [0.2, 0.25) is 0 Å². The molecule has 0 aromatic heterocycles. The van der Waals surface area contributed by atoms with Gasteiger partial charge in [-0.1, -0.05) is 27.5 Å². The van der Waals surface area contributed by atoms with Gasteiger partial charge in [0.25, 0.3) is 5.69 Å². The summed E-state index contributed by atoms with van der Waals surface area (Å²) in [4.78, 5) is 9.73. The summed E-state index contributed by atoms with van der Waals surface area (Å²) in [5, 5.41) is 10.3. The van der Waals surface area contributed by atoms with Crippen LogP contribution in [0.3, 0.4) is 0 Å². The molecule has 6 heteroatoms. The molecule has 1 aromatic rings. The van der Waals surface area contributed by atoms with Crippen LogP contribution in [-0.2, 0) is 5.33 Å². The summed E-state index contributed by atoms with van der Waals surface area (Å²) < 4.78 is 13.1. The first kappa shape index (κ1) is 10.4. The fraction of sp³-hybridized carbons (Fsp3) is 0.143. The number of nitro benzene ring substituents is 1. The lowest BCUT2D eigenvalue weighted by atomic mass is 10.2. The van der Waals surface area contributed by atoms with Crippen molar-refractivity contribution in [2.75, 3.05) is 0 Å². The molecule has 0 heterocycles. The summed E-state index contributed by atoms with van der Waals surface area (Å²) in [6, 6.07) is 2.14. The quantitative estimate of drug-likeness (QED) is 0.469. The third-order valence-electron chi connectivity index (χ3n) is 1.44. The lowest BCUT2D eigenvalue weighted by molar-refractivity contribution is -0.384. The number of benzene rings is 1. The molecule has 0 unspecified atom stereocenters. The van der Waals surface area contributed by atoms with Gasteiger partial charge in [-0.2, -0.15) is 0 Å². The number of halogens is 3. The highest BCUT2D eigenvalue weighted by Crippen LogP contribution is 2.26. The van der Waals surface area contributed by atoms with Crippen LogP contribution in [0.1, 0.15) is 5.56 Å². The van der Waals surface area contributed by atoms with Gasteiger partial charge in [-0.15, -0.1) is 0 Å². The van der Waals surface area contributed by atoms with Gasteiger partial charge in [0.15, 0.2) is 0 Å². The van der Waals surface area contributed by atoms with Gasteiger partial charge in [-0.25, -0.2) is 4.39 Å². The third-order valence-corrected chi connectivity index (χ3v) is 2.32. The molecule has 0 fully saturated rings. The predicted octanol–water partition coefficient (Wildman–Crippen LogP) is 3.28. The Hall–Kier alpha value is -0.680. The Bertz CT molecular complexity index is 359. The van der Waals surface area contributed by atoms with Gasteiger partial charge in [0.05, 0.1) is 9.95 Å². The number of alkyl halides is 1. The normalized spacial score (nSPS) is 10.1. The molecule has 0 spiro atoms. The van der Waals surface area contributed by atoms with Gasteiger partial charge in [-0.3, -0.25) is 10.1 Å². The molecule has 0 saturated heterocycles. The van der Waals surface area contributed by atoms with E-state index >= 15 is 0 Å². The Labute approximate surface area is 86.8 Å². The molecule has 0 radical (unpaired) electrons. The predicted molar refractivity (Wildman–Crippen MR) is 50.7 cm³/mol. The monoisotopic (exact) mass is 267 g/mol. The molecule has 0 amide bonds. The first-order valence-corrected chi connectivity index (χ1v) is 4.74. The Morgan fingerprint density at radius 3 is 2.69 bits per heavy atom. The summed E-state index contributed by atoms with van der Waals surface area (Å²) in [6.07, 6.45) is 0. The lowest BCUT2D eigenvalue weighted by Crippen LogP contribution is -1.93. The standard InChI is InChI=1S/C7H4BrClFNO2/c8-3-4-1-5(11(12)13)2-6(9)7(4)10/h1-2H,3H2. The summed E-state index contributed by atoms with van der Waals surface area (Å²) in [7, 11) is 0. The number of rotatable bonds is 2. The van der Waals surface area contributed by atoms with E-state index in [2.05, 4.69) is 15.9 Å². The van der Waals surface area contributed by atoms with Crippen LogP contribution in [-0.4, -0.2) is 4.92 Å². The number of non-ortho nitro benzene ring substituents is 1. The van der Waals surface area contributed by atoms with E-state index in [-0.39, 0.29) is 21.6 Å². The second kappa shape index (κ2) is 4.02. The minimum Gasteiger partial charge on any atom is -0.258 e. The van der Waals surface area contributed by atoms with E-state index in [1.54, 1.807) is 0 Å². The van der Waals surface area contributed by atoms with Crippen LogP contribution >= 0.6 is 27.5 Å². The fourth-order valence-corrected chi connectivity index (χ4v) is 1.47. The Balaban J connectivity index is 3.30. The molecular weight excluding hydrogens is 264 g/mol. The van der Waals surface area contributed by atoms with Gasteiger partial charge in [-0.05, 0) is 0 Å². The average molecular weight is 268 g/mol. The van der Waals surface area contributed by atoms with Gasteiger partial charge >= 0.3 is 0 Å². The Morgan fingerprint density at radius 2 is 2.23 bits per heavy atom. The molecular formula is C7H4BrClFNO2. The number of nitro groups is 1. The molecule has 0 bridgehead atoms. The fourth-order valence-electron chi connectivity index (χ4n) is 0.833. The van der Waals surface area contributed by atoms with Crippen LogP contribution < -0.4 is 0 Å². The lowest BCUT2D eigenvalue weighted by Gasteiger charge is -2.00. The molecule has 0 aliphatic carbocycles. The molecule has 1 aromatic carbocycles. The van der Waals surface area contributed by atoms with Crippen molar-refractivity contribution in [3.05, 3.63) is 38.7 Å². The van der Waals surface area contributed by atoms with Crippen molar-refractivity contribution in [1.29, 1.82) is 0 Å². The first-order chi connectivity index (χ1) is 6.06. The van der Waals surface area contributed by atoms with Gasteiger partial charge in [0.1, 0.15) is 5.82 Å². The van der Waals surface area contributed by atoms with Crippen molar-refractivity contribution in [1.82, 2.24) is 0 Å². The molecule has 0 aliphatic rings. The molecule has 3 nitrogen and oxygen atoms in total. The highest BCUT2D eigenvalue weighted by Gasteiger charge is 2.14. The van der Waals surface area contributed by atoms with Crippen LogP contribution in [0.2, 0.25) is 5.02 Å². The van der Waals surface area contributed by atoms with E-state index < -0.39 is 10.7 Å². The topological polar surface area (TPSA) is 43.1 Å². The van der Waals surface area contributed by atoms with Crippen LogP contribution in [0.15, 0.2) is 12.1 Å². The zero-order valence-corrected chi connectivity index (χ0v) is 8.60. The first-order valence-electron chi connectivity index (χ1n) is 3.24. The zero-order chi connectivity index (χ0) is 10.0. The van der Waals surface area contributed by atoms with Crippen LogP contribution in [0, 0.1) is 15.9 Å². The maximum Gasteiger partial charge on any atom is 0.271 e.